The van der Waals surface area contributed by atoms with Crippen molar-refractivity contribution in [2.75, 3.05) is 23.7 Å². The topological polar surface area (TPSA) is 76.4 Å². The van der Waals surface area contributed by atoms with Gasteiger partial charge in [-0.1, -0.05) is 13.8 Å². The molecule has 1 aromatic rings. The number of carbonyl (C=O) groups excluding carboxylic acids is 1. The summed E-state index contributed by atoms with van der Waals surface area (Å²) in [5.41, 5.74) is 7.38. The number of amides is 1. The second-order valence-corrected chi connectivity index (χ2v) is 5.68. The molecule has 1 aliphatic rings. The minimum atomic E-state index is -0.442. The van der Waals surface area contributed by atoms with Crippen molar-refractivity contribution in [1.82, 2.24) is 0 Å². The van der Waals surface area contributed by atoms with Crippen LogP contribution in [0, 0.1) is 5.41 Å². The van der Waals surface area contributed by atoms with Gasteiger partial charge in [-0.2, -0.15) is 0 Å². The second-order valence-electron chi connectivity index (χ2n) is 5.68. The van der Waals surface area contributed by atoms with Gasteiger partial charge in [-0.05, 0) is 37.1 Å². The highest BCUT2D eigenvalue weighted by Gasteiger charge is 2.23. The Bertz CT molecular complexity index is 486. The SMILES string of the molecule is CC1Oc2ccc(NCC(C)(C)CN)cc2NC1=O. The summed E-state index contributed by atoms with van der Waals surface area (Å²) in [4.78, 5) is 11.6. The van der Waals surface area contributed by atoms with Gasteiger partial charge in [-0.25, -0.2) is 0 Å². The highest BCUT2D eigenvalue weighted by molar-refractivity contribution is 5.98. The van der Waals surface area contributed by atoms with Crippen LogP contribution in [0.2, 0.25) is 0 Å². The third kappa shape index (κ3) is 3.17. The van der Waals surface area contributed by atoms with E-state index in [9.17, 15) is 4.79 Å². The molecule has 1 aliphatic heterocycles. The fraction of sp³-hybridized carbons (Fsp3) is 0.500. The molecule has 0 saturated carbocycles. The van der Waals surface area contributed by atoms with Gasteiger partial charge in [-0.3, -0.25) is 4.79 Å². The average molecular weight is 263 g/mol. The van der Waals surface area contributed by atoms with Gasteiger partial charge in [0, 0.05) is 12.2 Å². The van der Waals surface area contributed by atoms with Gasteiger partial charge < -0.3 is 21.1 Å². The van der Waals surface area contributed by atoms with E-state index in [1.807, 2.05) is 18.2 Å². The molecule has 1 unspecified atom stereocenters. The lowest BCUT2D eigenvalue weighted by Crippen LogP contribution is -2.34. The molecule has 0 aliphatic carbocycles. The van der Waals surface area contributed by atoms with Crippen LogP contribution in [0.3, 0.4) is 0 Å². The smallest absolute Gasteiger partial charge is 0.265 e. The van der Waals surface area contributed by atoms with Gasteiger partial charge in [-0.15, -0.1) is 0 Å². The summed E-state index contributed by atoms with van der Waals surface area (Å²) >= 11 is 0. The number of anilines is 2. The first-order valence-electron chi connectivity index (χ1n) is 6.47. The van der Waals surface area contributed by atoms with E-state index in [-0.39, 0.29) is 11.3 Å². The first kappa shape index (κ1) is 13.7. The zero-order valence-electron chi connectivity index (χ0n) is 11.6. The number of hydrogen-bond acceptors (Lipinski definition) is 4. The van der Waals surface area contributed by atoms with E-state index in [4.69, 9.17) is 10.5 Å². The Hall–Kier alpha value is -1.75. The summed E-state index contributed by atoms with van der Waals surface area (Å²) in [6, 6.07) is 5.68. The molecular formula is C14H21N3O2. The average Bonchev–Trinajstić information content (AvgIpc) is 2.38. The zero-order valence-corrected chi connectivity index (χ0v) is 11.6. The lowest BCUT2D eigenvalue weighted by Gasteiger charge is -2.26. The minimum absolute atomic E-state index is 0.0319. The largest absolute Gasteiger partial charge is 0.479 e. The maximum Gasteiger partial charge on any atom is 0.265 e. The maximum atomic E-state index is 11.6. The van der Waals surface area contributed by atoms with Crippen molar-refractivity contribution in [2.45, 2.75) is 26.9 Å². The van der Waals surface area contributed by atoms with Gasteiger partial charge in [0.25, 0.3) is 5.91 Å². The molecule has 1 aromatic carbocycles. The molecule has 1 atom stereocenters. The fourth-order valence-electron chi connectivity index (χ4n) is 1.73. The molecule has 0 saturated heterocycles. The van der Waals surface area contributed by atoms with Crippen LogP contribution in [-0.4, -0.2) is 25.1 Å². The van der Waals surface area contributed by atoms with Crippen molar-refractivity contribution in [3.8, 4) is 5.75 Å². The highest BCUT2D eigenvalue weighted by atomic mass is 16.5. The van der Waals surface area contributed by atoms with E-state index in [1.165, 1.54) is 0 Å². The van der Waals surface area contributed by atoms with Crippen LogP contribution >= 0.6 is 0 Å². The molecule has 2 rings (SSSR count). The molecule has 1 amide bonds. The first-order valence-corrected chi connectivity index (χ1v) is 6.47. The summed E-state index contributed by atoms with van der Waals surface area (Å²) in [6.07, 6.45) is -0.442. The molecule has 0 aromatic heterocycles. The third-order valence-corrected chi connectivity index (χ3v) is 3.23. The summed E-state index contributed by atoms with van der Waals surface area (Å²) < 4.78 is 5.51. The van der Waals surface area contributed by atoms with Crippen LogP contribution < -0.4 is 21.1 Å². The lowest BCUT2D eigenvalue weighted by molar-refractivity contribution is -0.122. The van der Waals surface area contributed by atoms with Gasteiger partial charge in [0.1, 0.15) is 5.75 Å². The van der Waals surface area contributed by atoms with Crippen LogP contribution in [0.15, 0.2) is 18.2 Å². The molecule has 0 bridgehead atoms. The van der Waals surface area contributed by atoms with Gasteiger partial charge in [0.2, 0.25) is 0 Å². The number of carbonyl (C=O) groups is 1. The van der Waals surface area contributed by atoms with Gasteiger partial charge in [0.05, 0.1) is 5.69 Å². The predicted octanol–water partition coefficient (Wildman–Crippen LogP) is 1.80. The second kappa shape index (κ2) is 5.09. The molecule has 0 fully saturated rings. The summed E-state index contributed by atoms with van der Waals surface area (Å²) in [7, 11) is 0. The summed E-state index contributed by atoms with van der Waals surface area (Å²) in [6.45, 7) is 7.32. The molecule has 4 N–H and O–H groups in total. The Kier molecular flexibility index (Phi) is 3.66. The standard InChI is InChI=1S/C14H21N3O2/c1-9-13(18)17-11-6-10(4-5-12(11)19-9)16-8-14(2,3)7-15/h4-6,9,16H,7-8,15H2,1-3H3,(H,17,18). The number of benzene rings is 1. The Morgan fingerprint density at radius 3 is 2.89 bits per heavy atom. The molecule has 0 spiro atoms. The van der Waals surface area contributed by atoms with Crippen molar-refractivity contribution in [3.63, 3.8) is 0 Å². The Labute approximate surface area is 113 Å². The number of fused-ring (bicyclic) bond motifs is 1. The van der Waals surface area contributed by atoms with Crippen LogP contribution in [-0.2, 0) is 4.79 Å². The number of rotatable bonds is 4. The molecule has 19 heavy (non-hydrogen) atoms. The highest BCUT2D eigenvalue weighted by Crippen LogP contribution is 2.32. The van der Waals surface area contributed by atoms with Crippen LogP contribution in [0.1, 0.15) is 20.8 Å². The molecule has 1 heterocycles. The van der Waals surface area contributed by atoms with E-state index in [1.54, 1.807) is 6.92 Å². The minimum Gasteiger partial charge on any atom is -0.479 e. The molecule has 5 heteroatoms. The van der Waals surface area contributed by atoms with Crippen molar-refractivity contribution in [2.24, 2.45) is 11.1 Å². The lowest BCUT2D eigenvalue weighted by atomic mass is 9.94. The van der Waals surface area contributed by atoms with Crippen molar-refractivity contribution < 1.29 is 9.53 Å². The Morgan fingerprint density at radius 2 is 2.21 bits per heavy atom. The normalized spacial score (nSPS) is 18.3. The van der Waals surface area contributed by atoms with Crippen molar-refractivity contribution in [3.05, 3.63) is 18.2 Å². The molecule has 0 radical (unpaired) electrons. The maximum absolute atomic E-state index is 11.6. The summed E-state index contributed by atoms with van der Waals surface area (Å²) in [5, 5.41) is 6.16. The van der Waals surface area contributed by atoms with E-state index in [0.29, 0.717) is 18.0 Å². The number of ether oxygens (including phenoxy) is 1. The Morgan fingerprint density at radius 1 is 1.47 bits per heavy atom. The van der Waals surface area contributed by atoms with Crippen LogP contribution in [0.25, 0.3) is 0 Å². The van der Waals surface area contributed by atoms with Crippen molar-refractivity contribution >= 4 is 17.3 Å². The predicted molar refractivity (Wildman–Crippen MR) is 76.5 cm³/mol. The first-order chi connectivity index (χ1) is 8.91. The van der Waals surface area contributed by atoms with E-state index >= 15 is 0 Å². The van der Waals surface area contributed by atoms with Crippen LogP contribution in [0.5, 0.6) is 5.75 Å². The third-order valence-electron chi connectivity index (χ3n) is 3.23. The van der Waals surface area contributed by atoms with Crippen LogP contribution in [0.4, 0.5) is 11.4 Å². The fourth-order valence-corrected chi connectivity index (χ4v) is 1.73. The summed E-state index contributed by atoms with van der Waals surface area (Å²) in [5.74, 6) is 0.586. The molecule has 5 nitrogen and oxygen atoms in total. The van der Waals surface area contributed by atoms with E-state index in [2.05, 4.69) is 24.5 Å². The Balaban J connectivity index is 2.09. The van der Waals surface area contributed by atoms with E-state index in [0.717, 1.165) is 12.2 Å². The zero-order chi connectivity index (χ0) is 14.0. The quantitative estimate of drug-likeness (QED) is 0.774. The van der Waals surface area contributed by atoms with Gasteiger partial charge >= 0.3 is 0 Å². The number of nitrogens with one attached hydrogen (secondary N) is 2. The van der Waals surface area contributed by atoms with E-state index < -0.39 is 6.10 Å². The van der Waals surface area contributed by atoms with Gasteiger partial charge in [0.15, 0.2) is 6.10 Å². The molecule has 104 valence electrons. The monoisotopic (exact) mass is 263 g/mol. The van der Waals surface area contributed by atoms with Crippen molar-refractivity contribution in [1.29, 1.82) is 0 Å². The number of hydrogen-bond donors (Lipinski definition) is 3. The number of nitrogens with two attached hydrogens (primary N) is 1. The molecular weight excluding hydrogens is 242 g/mol.